The molecule has 2 rings (SSSR count). The van der Waals surface area contributed by atoms with E-state index in [1.54, 1.807) is 14.3 Å². The van der Waals surface area contributed by atoms with Crippen LogP contribution in [0.25, 0.3) is 5.69 Å². The van der Waals surface area contributed by atoms with Gasteiger partial charge in [-0.1, -0.05) is 18.2 Å². The third kappa shape index (κ3) is 2.86. The summed E-state index contributed by atoms with van der Waals surface area (Å²) < 4.78 is 3.38. The van der Waals surface area contributed by atoms with Gasteiger partial charge in [-0.2, -0.15) is 0 Å². The van der Waals surface area contributed by atoms with Crippen molar-refractivity contribution < 1.29 is 10.2 Å². The van der Waals surface area contributed by atoms with E-state index in [0.29, 0.717) is 18.8 Å². The number of aromatic nitrogens is 2. The fourth-order valence-corrected chi connectivity index (χ4v) is 2.50. The van der Waals surface area contributed by atoms with Gasteiger partial charge in [0.2, 0.25) is 0 Å². The van der Waals surface area contributed by atoms with Crippen LogP contribution in [0.3, 0.4) is 0 Å². The third-order valence-corrected chi connectivity index (χ3v) is 3.58. The molecule has 2 aromatic rings. The number of aliphatic hydroxyl groups is 2. The third-order valence-electron chi connectivity index (χ3n) is 3.58. The van der Waals surface area contributed by atoms with E-state index in [1.807, 2.05) is 44.3 Å². The Bertz CT molecular complexity index is 640. The number of anilines is 1. The van der Waals surface area contributed by atoms with E-state index in [9.17, 15) is 4.79 Å². The second-order valence-corrected chi connectivity index (χ2v) is 4.84. The first-order valence-corrected chi connectivity index (χ1v) is 6.92. The largest absolute Gasteiger partial charge is 0.395 e. The summed E-state index contributed by atoms with van der Waals surface area (Å²) in [7, 11) is 1.82. The Labute approximate surface area is 123 Å². The Morgan fingerprint density at radius 2 is 1.67 bits per heavy atom. The van der Waals surface area contributed by atoms with Crippen LogP contribution in [0.15, 0.2) is 35.1 Å². The molecule has 6 nitrogen and oxygen atoms in total. The molecule has 0 unspecified atom stereocenters. The van der Waals surface area contributed by atoms with Crippen molar-refractivity contribution in [3.8, 4) is 5.69 Å². The molecule has 0 spiro atoms. The van der Waals surface area contributed by atoms with Gasteiger partial charge in [-0.3, -0.25) is 9.48 Å². The van der Waals surface area contributed by atoms with Gasteiger partial charge in [0.05, 0.1) is 24.6 Å². The molecule has 0 aliphatic heterocycles. The Balaban J connectivity index is 2.57. The number of benzene rings is 1. The highest BCUT2D eigenvalue weighted by atomic mass is 16.3. The lowest BCUT2D eigenvalue weighted by Crippen LogP contribution is -2.34. The quantitative estimate of drug-likeness (QED) is 0.802. The molecule has 114 valence electrons. The van der Waals surface area contributed by atoms with E-state index in [-0.39, 0.29) is 18.8 Å². The van der Waals surface area contributed by atoms with Crippen molar-refractivity contribution >= 4 is 5.69 Å². The zero-order valence-corrected chi connectivity index (χ0v) is 12.4. The first kappa shape index (κ1) is 15.3. The molecule has 0 amide bonds. The average molecular weight is 291 g/mol. The minimum absolute atomic E-state index is 0.0703. The van der Waals surface area contributed by atoms with Gasteiger partial charge >= 0.3 is 0 Å². The summed E-state index contributed by atoms with van der Waals surface area (Å²) in [6.07, 6.45) is 0. The van der Waals surface area contributed by atoms with Gasteiger partial charge in [0.15, 0.2) is 0 Å². The fourth-order valence-electron chi connectivity index (χ4n) is 2.50. The van der Waals surface area contributed by atoms with Crippen LogP contribution in [0.1, 0.15) is 5.69 Å². The molecule has 1 aromatic heterocycles. The molecule has 21 heavy (non-hydrogen) atoms. The van der Waals surface area contributed by atoms with Gasteiger partial charge in [0.1, 0.15) is 5.69 Å². The van der Waals surface area contributed by atoms with Crippen molar-refractivity contribution in [1.29, 1.82) is 0 Å². The highest BCUT2D eigenvalue weighted by molar-refractivity contribution is 5.51. The van der Waals surface area contributed by atoms with E-state index in [0.717, 1.165) is 11.4 Å². The molecule has 6 heteroatoms. The standard InChI is InChI=1S/C15H21N3O3/c1-12-14(17(8-10-19)9-11-20)15(21)18(16(12)2)13-6-4-3-5-7-13/h3-7,19-20H,8-11H2,1-2H3. The minimum Gasteiger partial charge on any atom is -0.395 e. The van der Waals surface area contributed by atoms with E-state index in [2.05, 4.69) is 0 Å². The van der Waals surface area contributed by atoms with Gasteiger partial charge in [0.25, 0.3) is 5.56 Å². The van der Waals surface area contributed by atoms with Crippen LogP contribution in [-0.4, -0.2) is 45.9 Å². The predicted molar refractivity (Wildman–Crippen MR) is 82.1 cm³/mol. The number of hydrogen-bond donors (Lipinski definition) is 2. The smallest absolute Gasteiger partial charge is 0.295 e. The normalized spacial score (nSPS) is 10.9. The summed E-state index contributed by atoms with van der Waals surface area (Å²) >= 11 is 0. The summed E-state index contributed by atoms with van der Waals surface area (Å²) in [5, 5.41) is 18.3. The Hall–Kier alpha value is -2.05. The van der Waals surface area contributed by atoms with Gasteiger partial charge in [-0.15, -0.1) is 0 Å². The van der Waals surface area contributed by atoms with Crippen LogP contribution in [0, 0.1) is 6.92 Å². The molecular weight excluding hydrogens is 270 g/mol. The molecular formula is C15H21N3O3. The van der Waals surface area contributed by atoms with Crippen molar-refractivity contribution in [2.75, 3.05) is 31.2 Å². The number of rotatable bonds is 6. The summed E-state index contributed by atoms with van der Waals surface area (Å²) in [5.74, 6) is 0. The molecule has 0 atom stereocenters. The minimum atomic E-state index is -0.150. The molecule has 2 N–H and O–H groups in total. The summed E-state index contributed by atoms with van der Waals surface area (Å²) in [6.45, 7) is 2.35. The molecule has 1 heterocycles. The van der Waals surface area contributed by atoms with Crippen LogP contribution in [-0.2, 0) is 7.05 Å². The topological polar surface area (TPSA) is 70.6 Å². The molecule has 0 saturated heterocycles. The van der Waals surface area contributed by atoms with Crippen LogP contribution < -0.4 is 10.5 Å². The van der Waals surface area contributed by atoms with Crippen LogP contribution in [0.2, 0.25) is 0 Å². The second-order valence-electron chi connectivity index (χ2n) is 4.84. The zero-order chi connectivity index (χ0) is 15.4. The lowest BCUT2D eigenvalue weighted by atomic mass is 10.3. The molecule has 0 radical (unpaired) electrons. The number of hydrogen-bond acceptors (Lipinski definition) is 4. The lowest BCUT2D eigenvalue weighted by Gasteiger charge is -2.21. The van der Waals surface area contributed by atoms with E-state index in [4.69, 9.17) is 10.2 Å². The highest BCUT2D eigenvalue weighted by Gasteiger charge is 2.20. The maximum Gasteiger partial charge on any atom is 0.295 e. The van der Waals surface area contributed by atoms with Gasteiger partial charge in [-0.05, 0) is 19.1 Å². The Morgan fingerprint density at radius 3 is 2.19 bits per heavy atom. The molecule has 0 aliphatic carbocycles. The van der Waals surface area contributed by atoms with Crippen molar-refractivity contribution in [3.63, 3.8) is 0 Å². The molecule has 0 aliphatic rings. The first-order chi connectivity index (χ1) is 10.1. The average Bonchev–Trinajstić information content (AvgIpc) is 2.70. The van der Waals surface area contributed by atoms with Gasteiger partial charge < -0.3 is 15.1 Å². The SMILES string of the molecule is Cc1c(N(CCO)CCO)c(=O)n(-c2ccccc2)n1C. The molecule has 0 saturated carbocycles. The Morgan fingerprint density at radius 1 is 1.10 bits per heavy atom. The van der Waals surface area contributed by atoms with E-state index in [1.165, 1.54) is 0 Å². The first-order valence-electron chi connectivity index (χ1n) is 6.92. The number of aliphatic hydroxyl groups excluding tert-OH is 2. The predicted octanol–water partition coefficient (Wildman–Crippen LogP) is 0.275. The van der Waals surface area contributed by atoms with Crippen LogP contribution in [0.4, 0.5) is 5.69 Å². The maximum atomic E-state index is 12.7. The van der Waals surface area contributed by atoms with Gasteiger partial charge in [0, 0.05) is 20.1 Å². The van der Waals surface area contributed by atoms with Crippen LogP contribution >= 0.6 is 0 Å². The maximum absolute atomic E-state index is 12.7. The second kappa shape index (κ2) is 6.60. The van der Waals surface area contributed by atoms with E-state index >= 15 is 0 Å². The van der Waals surface area contributed by atoms with Crippen molar-refractivity contribution in [3.05, 3.63) is 46.4 Å². The fraction of sp³-hybridized carbons (Fsp3) is 0.400. The summed E-state index contributed by atoms with van der Waals surface area (Å²) in [5.41, 5.74) is 1.95. The number of para-hydroxylation sites is 1. The monoisotopic (exact) mass is 291 g/mol. The lowest BCUT2D eigenvalue weighted by molar-refractivity contribution is 0.281. The highest BCUT2D eigenvalue weighted by Crippen LogP contribution is 2.17. The summed E-state index contributed by atoms with van der Waals surface area (Å²) in [6, 6.07) is 9.39. The van der Waals surface area contributed by atoms with Crippen molar-refractivity contribution in [2.45, 2.75) is 6.92 Å². The van der Waals surface area contributed by atoms with Crippen molar-refractivity contribution in [1.82, 2.24) is 9.36 Å². The zero-order valence-electron chi connectivity index (χ0n) is 12.4. The van der Waals surface area contributed by atoms with Crippen LogP contribution in [0.5, 0.6) is 0 Å². The molecule has 1 aromatic carbocycles. The Kier molecular flexibility index (Phi) is 4.82. The number of nitrogens with zero attached hydrogens (tertiary/aromatic N) is 3. The molecule has 0 bridgehead atoms. The van der Waals surface area contributed by atoms with E-state index < -0.39 is 0 Å². The summed E-state index contributed by atoms with van der Waals surface area (Å²) in [4.78, 5) is 14.5. The molecule has 0 fully saturated rings. The van der Waals surface area contributed by atoms with Gasteiger partial charge in [-0.25, -0.2) is 4.68 Å². The van der Waals surface area contributed by atoms with Crippen molar-refractivity contribution in [2.24, 2.45) is 7.05 Å².